The lowest BCUT2D eigenvalue weighted by atomic mass is 10.0. The minimum absolute atomic E-state index is 0.0162. The fraction of sp³-hybridized carbons (Fsp3) is 0.769. The van der Waals surface area contributed by atoms with Gasteiger partial charge in [0.1, 0.15) is 6.10 Å². The molecule has 0 saturated carbocycles. The van der Waals surface area contributed by atoms with Crippen LogP contribution in [0.15, 0.2) is 0 Å². The molecule has 1 aliphatic rings. The molecule has 2 unspecified atom stereocenters. The Hall–Kier alpha value is -1.63. The van der Waals surface area contributed by atoms with Crippen LogP contribution in [0.3, 0.4) is 0 Å². The minimum atomic E-state index is -0.0345. The molecule has 0 amide bonds. The molecule has 2 N–H and O–H groups in total. The molecule has 1 aromatic rings. The van der Waals surface area contributed by atoms with Gasteiger partial charge in [-0.2, -0.15) is 9.97 Å². The van der Waals surface area contributed by atoms with E-state index in [4.69, 9.17) is 19.9 Å². The molecule has 0 aromatic carbocycles. The summed E-state index contributed by atoms with van der Waals surface area (Å²) in [7, 11) is 0. The monoisotopic (exact) mass is 282 g/mol. The molecule has 7 nitrogen and oxygen atoms in total. The second kappa shape index (κ2) is 6.21. The highest BCUT2D eigenvalue weighted by atomic mass is 16.5. The van der Waals surface area contributed by atoms with E-state index in [1.54, 1.807) is 0 Å². The molecule has 0 radical (unpaired) electrons. The third kappa shape index (κ3) is 4.19. The molecule has 2 atom stereocenters. The van der Waals surface area contributed by atoms with Crippen LogP contribution in [0.1, 0.15) is 40.5 Å². The molecular formula is C13H22N4O3. The van der Waals surface area contributed by atoms with Crippen molar-refractivity contribution in [3.8, 4) is 12.0 Å². The fourth-order valence-corrected chi connectivity index (χ4v) is 2.26. The zero-order valence-corrected chi connectivity index (χ0v) is 12.4. The quantitative estimate of drug-likeness (QED) is 0.896. The first-order valence-corrected chi connectivity index (χ1v) is 6.92. The fourth-order valence-electron chi connectivity index (χ4n) is 2.26. The number of aromatic nitrogens is 3. The summed E-state index contributed by atoms with van der Waals surface area (Å²) in [6.07, 6.45) is 1.91. The smallest absolute Gasteiger partial charge is 0.324 e. The summed E-state index contributed by atoms with van der Waals surface area (Å²) in [6.45, 7) is 7.84. The lowest BCUT2D eigenvalue weighted by molar-refractivity contribution is -0.0739. The topological polar surface area (TPSA) is 92.4 Å². The van der Waals surface area contributed by atoms with E-state index in [2.05, 4.69) is 15.0 Å². The number of nitrogen functional groups attached to an aromatic ring is 1. The second-order valence-electron chi connectivity index (χ2n) is 5.39. The van der Waals surface area contributed by atoms with Gasteiger partial charge in [-0.15, -0.1) is 4.98 Å². The van der Waals surface area contributed by atoms with Gasteiger partial charge < -0.3 is 19.9 Å². The first kappa shape index (κ1) is 14.8. The van der Waals surface area contributed by atoms with E-state index in [1.165, 1.54) is 0 Å². The Balaban J connectivity index is 2.06. The first-order chi connectivity index (χ1) is 9.42. The lowest BCUT2D eigenvalue weighted by Crippen LogP contribution is -2.36. The molecule has 20 heavy (non-hydrogen) atoms. The van der Waals surface area contributed by atoms with Crippen LogP contribution >= 0.6 is 0 Å². The Labute approximate surface area is 118 Å². The van der Waals surface area contributed by atoms with Crippen LogP contribution in [0.2, 0.25) is 0 Å². The molecule has 1 aliphatic heterocycles. The predicted molar refractivity (Wildman–Crippen MR) is 73.7 cm³/mol. The van der Waals surface area contributed by atoms with Crippen LogP contribution in [-0.2, 0) is 4.74 Å². The second-order valence-corrected chi connectivity index (χ2v) is 5.39. The Morgan fingerprint density at radius 3 is 2.30 bits per heavy atom. The van der Waals surface area contributed by atoms with Crippen molar-refractivity contribution in [1.29, 1.82) is 0 Å². The molecule has 1 saturated heterocycles. The molecule has 0 aliphatic carbocycles. The molecule has 0 bridgehead atoms. The van der Waals surface area contributed by atoms with Gasteiger partial charge in [0.25, 0.3) is 0 Å². The van der Waals surface area contributed by atoms with Crippen LogP contribution in [-0.4, -0.2) is 39.4 Å². The van der Waals surface area contributed by atoms with E-state index in [0.29, 0.717) is 0 Å². The van der Waals surface area contributed by atoms with Gasteiger partial charge in [0.15, 0.2) is 0 Å². The number of nitrogens with zero attached hydrogens (tertiary/aromatic N) is 3. The van der Waals surface area contributed by atoms with Gasteiger partial charge in [-0.25, -0.2) is 0 Å². The third-order valence-corrected chi connectivity index (χ3v) is 2.88. The normalized spacial score (nSPS) is 26.6. The van der Waals surface area contributed by atoms with Crippen LogP contribution in [0, 0.1) is 0 Å². The third-order valence-electron chi connectivity index (χ3n) is 2.88. The maximum Gasteiger partial charge on any atom is 0.324 e. The molecule has 7 heteroatoms. The van der Waals surface area contributed by atoms with Crippen molar-refractivity contribution in [1.82, 2.24) is 15.0 Å². The summed E-state index contributed by atoms with van der Waals surface area (Å²) in [5.74, 6) is 0.0961. The lowest BCUT2D eigenvalue weighted by Gasteiger charge is -2.31. The Morgan fingerprint density at radius 2 is 1.70 bits per heavy atom. The molecule has 1 aromatic heterocycles. The van der Waals surface area contributed by atoms with Crippen molar-refractivity contribution in [3.05, 3.63) is 0 Å². The van der Waals surface area contributed by atoms with E-state index in [0.717, 1.165) is 12.8 Å². The van der Waals surface area contributed by atoms with Gasteiger partial charge in [0.05, 0.1) is 18.3 Å². The zero-order valence-electron chi connectivity index (χ0n) is 12.4. The molecule has 112 valence electrons. The summed E-state index contributed by atoms with van der Waals surface area (Å²) in [5, 5.41) is 0. The van der Waals surface area contributed by atoms with Gasteiger partial charge in [-0.1, -0.05) is 0 Å². The van der Waals surface area contributed by atoms with Gasteiger partial charge in [-0.05, 0) is 27.7 Å². The Bertz CT molecular complexity index is 445. The maximum atomic E-state index is 5.80. The summed E-state index contributed by atoms with van der Waals surface area (Å²) in [4.78, 5) is 12.1. The summed E-state index contributed by atoms with van der Waals surface area (Å²) in [5.41, 5.74) is 5.65. The minimum Gasteiger partial charge on any atom is -0.461 e. The number of hydrogen-bond donors (Lipinski definition) is 1. The van der Waals surface area contributed by atoms with Gasteiger partial charge >= 0.3 is 12.0 Å². The van der Waals surface area contributed by atoms with Crippen molar-refractivity contribution in [2.45, 2.75) is 65.0 Å². The summed E-state index contributed by atoms with van der Waals surface area (Å²) in [6, 6.07) is 0.398. The molecule has 2 heterocycles. The number of hydrogen-bond acceptors (Lipinski definition) is 7. The standard InChI is InChI=1S/C13H22N4O3/c1-7(2)18-12-15-11(14)16-13(17-12)20-10-5-8(3)19-9(4)6-10/h7-10H,5-6H2,1-4H3,(H2,14,15,16,17). The van der Waals surface area contributed by atoms with Crippen molar-refractivity contribution >= 4 is 5.95 Å². The van der Waals surface area contributed by atoms with Gasteiger partial charge in [0, 0.05) is 12.8 Å². The maximum absolute atomic E-state index is 5.80. The predicted octanol–water partition coefficient (Wildman–Crippen LogP) is 1.58. The molecule has 0 spiro atoms. The van der Waals surface area contributed by atoms with Crippen molar-refractivity contribution in [3.63, 3.8) is 0 Å². The summed E-state index contributed by atoms with van der Waals surface area (Å²) < 4.78 is 16.9. The highest BCUT2D eigenvalue weighted by Gasteiger charge is 2.26. The van der Waals surface area contributed by atoms with Gasteiger partial charge in [-0.3, -0.25) is 0 Å². The van der Waals surface area contributed by atoms with Crippen molar-refractivity contribution in [2.24, 2.45) is 0 Å². The van der Waals surface area contributed by atoms with E-state index >= 15 is 0 Å². The highest BCUT2D eigenvalue weighted by Crippen LogP contribution is 2.23. The van der Waals surface area contributed by atoms with E-state index < -0.39 is 0 Å². The average molecular weight is 282 g/mol. The number of anilines is 1. The molecular weight excluding hydrogens is 260 g/mol. The van der Waals surface area contributed by atoms with Crippen molar-refractivity contribution < 1.29 is 14.2 Å². The average Bonchev–Trinajstić information content (AvgIpc) is 2.24. The summed E-state index contributed by atoms with van der Waals surface area (Å²) >= 11 is 0. The number of nitrogens with two attached hydrogens (primary N) is 1. The molecule has 1 fully saturated rings. The largest absolute Gasteiger partial charge is 0.461 e. The first-order valence-electron chi connectivity index (χ1n) is 6.92. The zero-order chi connectivity index (χ0) is 14.7. The van der Waals surface area contributed by atoms with Crippen LogP contribution in [0.4, 0.5) is 5.95 Å². The number of ether oxygens (including phenoxy) is 3. The molecule has 2 rings (SSSR count). The Kier molecular flexibility index (Phi) is 4.59. The van der Waals surface area contributed by atoms with E-state index in [-0.39, 0.29) is 42.4 Å². The van der Waals surface area contributed by atoms with E-state index in [9.17, 15) is 0 Å². The highest BCUT2D eigenvalue weighted by molar-refractivity contribution is 5.20. The van der Waals surface area contributed by atoms with Crippen LogP contribution < -0.4 is 15.2 Å². The SMILES string of the molecule is CC(C)Oc1nc(N)nc(OC2CC(C)OC(C)C2)n1. The Morgan fingerprint density at radius 1 is 1.10 bits per heavy atom. The van der Waals surface area contributed by atoms with Gasteiger partial charge in [0.2, 0.25) is 5.95 Å². The van der Waals surface area contributed by atoms with Crippen molar-refractivity contribution in [2.75, 3.05) is 5.73 Å². The van der Waals surface area contributed by atoms with Crippen LogP contribution in [0.25, 0.3) is 0 Å². The van der Waals surface area contributed by atoms with Crippen LogP contribution in [0.5, 0.6) is 12.0 Å². The van der Waals surface area contributed by atoms with E-state index in [1.807, 2.05) is 27.7 Å². The number of rotatable bonds is 4.